The van der Waals surface area contributed by atoms with Crippen LogP contribution in [-0.4, -0.2) is 24.5 Å². The Kier molecular flexibility index (Phi) is 5.37. The number of thiophene rings is 1. The Bertz CT molecular complexity index is 500. The molecule has 2 rings (SSSR count). The van der Waals surface area contributed by atoms with Crippen molar-refractivity contribution in [2.75, 3.05) is 19.6 Å². The zero-order valence-electron chi connectivity index (χ0n) is 11.9. The molecular formula is C16H24N2S. The SMILES string of the molecule is CCCN(CCC)C(CN)c1csc2ccccc12. The number of nitrogens with zero attached hydrogens (tertiary/aromatic N) is 1. The smallest absolute Gasteiger partial charge is 0.0484 e. The highest BCUT2D eigenvalue weighted by Gasteiger charge is 2.20. The van der Waals surface area contributed by atoms with Gasteiger partial charge in [0.2, 0.25) is 0 Å². The molecule has 2 aromatic rings. The molecule has 1 aromatic carbocycles. The summed E-state index contributed by atoms with van der Waals surface area (Å²) in [6.45, 7) is 7.42. The standard InChI is InChI=1S/C16H24N2S/c1-3-9-18(10-4-2)15(11-17)14-12-19-16-8-6-5-7-13(14)16/h5-8,12,15H,3-4,9-11,17H2,1-2H3. The highest BCUT2D eigenvalue weighted by atomic mass is 32.1. The van der Waals surface area contributed by atoms with Crippen molar-refractivity contribution in [2.45, 2.75) is 32.7 Å². The Labute approximate surface area is 120 Å². The third-order valence-corrected chi connectivity index (χ3v) is 4.54. The monoisotopic (exact) mass is 276 g/mol. The van der Waals surface area contributed by atoms with Gasteiger partial charge in [0.15, 0.2) is 0 Å². The van der Waals surface area contributed by atoms with Crippen molar-refractivity contribution < 1.29 is 0 Å². The molecule has 0 spiro atoms. The van der Waals surface area contributed by atoms with Crippen LogP contribution in [0, 0.1) is 0 Å². The van der Waals surface area contributed by atoms with E-state index in [1.807, 2.05) is 11.3 Å². The van der Waals surface area contributed by atoms with E-state index < -0.39 is 0 Å². The molecule has 0 radical (unpaired) electrons. The van der Waals surface area contributed by atoms with Gasteiger partial charge in [-0.15, -0.1) is 11.3 Å². The molecule has 3 heteroatoms. The summed E-state index contributed by atoms with van der Waals surface area (Å²) < 4.78 is 1.36. The summed E-state index contributed by atoms with van der Waals surface area (Å²) in [5, 5.41) is 3.67. The van der Waals surface area contributed by atoms with E-state index in [-0.39, 0.29) is 0 Å². The predicted octanol–water partition coefficient (Wildman–Crippen LogP) is 4.02. The number of hydrogen-bond donors (Lipinski definition) is 1. The molecule has 1 aromatic heterocycles. The van der Waals surface area contributed by atoms with Crippen LogP contribution in [0.15, 0.2) is 29.6 Å². The minimum Gasteiger partial charge on any atom is -0.329 e. The van der Waals surface area contributed by atoms with E-state index in [0.717, 1.165) is 13.1 Å². The summed E-state index contributed by atoms with van der Waals surface area (Å²) in [5.74, 6) is 0. The second-order valence-corrected chi connectivity index (χ2v) is 5.89. The van der Waals surface area contributed by atoms with Crippen molar-refractivity contribution in [2.24, 2.45) is 5.73 Å². The topological polar surface area (TPSA) is 29.3 Å². The molecule has 2 N–H and O–H groups in total. The number of hydrogen-bond acceptors (Lipinski definition) is 3. The van der Waals surface area contributed by atoms with Gasteiger partial charge in [-0.3, -0.25) is 4.90 Å². The number of benzene rings is 1. The van der Waals surface area contributed by atoms with Gasteiger partial charge in [-0.25, -0.2) is 0 Å². The van der Waals surface area contributed by atoms with E-state index in [1.165, 1.54) is 28.5 Å². The molecule has 1 unspecified atom stereocenters. The number of rotatable bonds is 7. The van der Waals surface area contributed by atoms with Crippen LogP contribution in [-0.2, 0) is 0 Å². The average Bonchev–Trinajstić information content (AvgIpc) is 2.84. The highest BCUT2D eigenvalue weighted by Crippen LogP contribution is 2.32. The Morgan fingerprint density at radius 2 is 1.84 bits per heavy atom. The fraction of sp³-hybridized carbons (Fsp3) is 0.500. The van der Waals surface area contributed by atoms with E-state index in [0.29, 0.717) is 12.6 Å². The molecule has 0 aliphatic rings. The summed E-state index contributed by atoms with van der Waals surface area (Å²) in [6, 6.07) is 9.00. The Morgan fingerprint density at radius 1 is 1.16 bits per heavy atom. The summed E-state index contributed by atoms with van der Waals surface area (Å²) in [7, 11) is 0. The normalized spacial score (nSPS) is 13.3. The van der Waals surface area contributed by atoms with Gasteiger partial charge in [0.1, 0.15) is 0 Å². The maximum Gasteiger partial charge on any atom is 0.0484 e. The first-order valence-corrected chi connectivity index (χ1v) is 8.10. The second kappa shape index (κ2) is 7.04. The third kappa shape index (κ3) is 3.16. The van der Waals surface area contributed by atoms with Crippen LogP contribution in [0.1, 0.15) is 38.3 Å². The fourth-order valence-corrected chi connectivity index (χ4v) is 3.74. The van der Waals surface area contributed by atoms with Crippen molar-refractivity contribution in [3.8, 4) is 0 Å². The van der Waals surface area contributed by atoms with E-state index in [9.17, 15) is 0 Å². The van der Waals surface area contributed by atoms with Crippen LogP contribution < -0.4 is 5.73 Å². The predicted molar refractivity (Wildman–Crippen MR) is 85.8 cm³/mol. The molecular weight excluding hydrogens is 252 g/mol. The zero-order chi connectivity index (χ0) is 13.7. The lowest BCUT2D eigenvalue weighted by atomic mass is 10.0. The Hall–Kier alpha value is -0.900. The molecule has 0 saturated heterocycles. The number of fused-ring (bicyclic) bond motifs is 1. The molecule has 0 aliphatic heterocycles. The van der Waals surface area contributed by atoms with Crippen LogP contribution in [0.25, 0.3) is 10.1 Å². The minimum absolute atomic E-state index is 0.357. The van der Waals surface area contributed by atoms with Crippen molar-refractivity contribution in [3.05, 3.63) is 35.2 Å². The first-order chi connectivity index (χ1) is 9.31. The summed E-state index contributed by atoms with van der Waals surface area (Å²) in [5.41, 5.74) is 7.49. The maximum absolute atomic E-state index is 6.08. The van der Waals surface area contributed by atoms with Gasteiger partial charge >= 0.3 is 0 Å². The first kappa shape index (κ1) is 14.5. The van der Waals surface area contributed by atoms with Crippen LogP contribution in [0.4, 0.5) is 0 Å². The van der Waals surface area contributed by atoms with Gasteiger partial charge in [-0.2, -0.15) is 0 Å². The molecule has 0 saturated carbocycles. The molecule has 1 heterocycles. The van der Waals surface area contributed by atoms with Crippen molar-refractivity contribution in [1.82, 2.24) is 4.90 Å². The third-order valence-electron chi connectivity index (χ3n) is 3.56. The number of nitrogens with two attached hydrogens (primary N) is 1. The van der Waals surface area contributed by atoms with E-state index in [4.69, 9.17) is 5.73 Å². The summed E-state index contributed by atoms with van der Waals surface area (Å²) in [4.78, 5) is 2.54. The van der Waals surface area contributed by atoms with Gasteiger partial charge in [0.25, 0.3) is 0 Å². The lowest BCUT2D eigenvalue weighted by Crippen LogP contribution is -2.34. The van der Waals surface area contributed by atoms with Gasteiger partial charge in [-0.05, 0) is 48.3 Å². The zero-order valence-corrected chi connectivity index (χ0v) is 12.7. The molecule has 1 atom stereocenters. The molecule has 2 nitrogen and oxygen atoms in total. The summed E-state index contributed by atoms with van der Waals surface area (Å²) in [6.07, 6.45) is 2.36. The Balaban J connectivity index is 2.34. The molecule has 0 bridgehead atoms. The van der Waals surface area contributed by atoms with Gasteiger partial charge in [-0.1, -0.05) is 32.0 Å². The van der Waals surface area contributed by atoms with Crippen molar-refractivity contribution in [1.29, 1.82) is 0 Å². The van der Waals surface area contributed by atoms with Gasteiger partial charge < -0.3 is 5.73 Å². The van der Waals surface area contributed by atoms with Gasteiger partial charge in [0, 0.05) is 17.3 Å². The lowest BCUT2D eigenvalue weighted by molar-refractivity contribution is 0.203. The second-order valence-electron chi connectivity index (χ2n) is 4.97. The largest absolute Gasteiger partial charge is 0.329 e. The molecule has 0 aliphatic carbocycles. The van der Waals surface area contributed by atoms with Crippen LogP contribution >= 0.6 is 11.3 Å². The van der Waals surface area contributed by atoms with Crippen molar-refractivity contribution in [3.63, 3.8) is 0 Å². The first-order valence-electron chi connectivity index (χ1n) is 7.22. The molecule has 0 amide bonds. The highest BCUT2D eigenvalue weighted by molar-refractivity contribution is 7.17. The van der Waals surface area contributed by atoms with Gasteiger partial charge in [0.05, 0.1) is 0 Å². The molecule has 19 heavy (non-hydrogen) atoms. The van der Waals surface area contributed by atoms with Crippen LogP contribution in [0.5, 0.6) is 0 Å². The van der Waals surface area contributed by atoms with Crippen LogP contribution in [0.3, 0.4) is 0 Å². The van der Waals surface area contributed by atoms with E-state index >= 15 is 0 Å². The van der Waals surface area contributed by atoms with E-state index in [1.54, 1.807) is 0 Å². The maximum atomic E-state index is 6.08. The van der Waals surface area contributed by atoms with Crippen LogP contribution in [0.2, 0.25) is 0 Å². The molecule has 104 valence electrons. The minimum atomic E-state index is 0.357. The lowest BCUT2D eigenvalue weighted by Gasteiger charge is -2.30. The fourth-order valence-electron chi connectivity index (χ4n) is 2.73. The Morgan fingerprint density at radius 3 is 2.47 bits per heavy atom. The van der Waals surface area contributed by atoms with Crippen molar-refractivity contribution >= 4 is 21.4 Å². The molecule has 0 fully saturated rings. The summed E-state index contributed by atoms with van der Waals surface area (Å²) >= 11 is 1.83. The van der Waals surface area contributed by atoms with E-state index in [2.05, 4.69) is 48.4 Å². The quantitative estimate of drug-likeness (QED) is 0.827. The average molecular weight is 276 g/mol.